The Hall–Kier alpha value is -2.36. The number of carbonyl (C=O) groups is 1. The normalized spacial score (nSPS) is 11.6. The topological polar surface area (TPSA) is 66.9 Å². The van der Waals surface area contributed by atoms with Crippen molar-refractivity contribution < 1.29 is 26.8 Å². The third kappa shape index (κ3) is 3.90. The zero-order chi connectivity index (χ0) is 19.5. The first-order valence-corrected chi connectivity index (χ1v) is 9.06. The van der Waals surface area contributed by atoms with Gasteiger partial charge in [-0.15, -0.1) is 0 Å². The van der Waals surface area contributed by atoms with Gasteiger partial charge in [0.25, 0.3) is 15.9 Å². The van der Waals surface area contributed by atoms with Crippen molar-refractivity contribution in [3.63, 3.8) is 0 Å². The van der Waals surface area contributed by atoms with Gasteiger partial charge in [-0.05, 0) is 37.3 Å². The summed E-state index contributed by atoms with van der Waals surface area (Å²) >= 11 is 0. The molecule has 0 aliphatic heterocycles. The van der Waals surface area contributed by atoms with Crippen molar-refractivity contribution in [3.05, 3.63) is 59.7 Å². The first-order valence-electron chi connectivity index (χ1n) is 7.62. The third-order valence-corrected chi connectivity index (χ3v) is 5.43. The quantitative estimate of drug-likeness (QED) is 0.719. The molecule has 140 valence electrons. The Labute approximate surface area is 150 Å². The summed E-state index contributed by atoms with van der Waals surface area (Å²) in [5, 5.41) is 0. The summed E-state index contributed by atoms with van der Waals surface area (Å²) in [6.07, 6.45) is 0. The third-order valence-electron chi connectivity index (χ3n) is 3.75. The molecule has 2 aromatic carbocycles. The van der Waals surface area contributed by atoms with E-state index in [9.17, 15) is 22.0 Å². The number of hydrogen-bond acceptors (Lipinski definition) is 4. The van der Waals surface area contributed by atoms with Gasteiger partial charge in [-0.3, -0.25) is 9.63 Å². The highest BCUT2D eigenvalue weighted by Gasteiger charge is 2.24. The minimum atomic E-state index is -3.92. The average molecular weight is 384 g/mol. The van der Waals surface area contributed by atoms with Crippen LogP contribution in [0.5, 0.6) is 0 Å². The number of rotatable bonds is 6. The van der Waals surface area contributed by atoms with Gasteiger partial charge in [-0.1, -0.05) is 10.5 Å². The molecular weight excluding hydrogens is 366 g/mol. The molecule has 0 saturated carbocycles. The van der Waals surface area contributed by atoms with E-state index in [-0.39, 0.29) is 22.7 Å². The maximum atomic E-state index is 13.5. The van der Waals surface area contributed by atoms with Crippen LogP contribution in [0.4, 0.5) is 14.5 Å². The molecule has 0 aromatic heterocycles. The fraction of sp³-hybridized carbons (Fsp3) is 0.235. The minimum absolute atomic E-state index is 0.0853. The Morgan fingerprint density at radius 3 is 2.38 bits per heavy atom. The van der Waals surface area contributed by atoms with Crippen LogP contribution in [0.1, 0.15) is 17.3 Å². The standard InChI is InChI=1S/C17H18F2N2O4S/c1-4-21(13-8-9-15(18)16(19)11-13)17(22)12-6-5-7-14(10-12)26(23,24)20(2)25-3/h5-11H,4H2,1-3H3. The second-order valence-electron chi connectivity index (χ2n) is 5.27. The SMILES string of the molecule is CCN(C(=O)c1cccc(S(=O)(=O)N(C)OC)c1)c1ccc(F)c(F)c1. The van der Waals surface area contributed by atoms with Gasteiger partial charge >= 0.3 is 0 Å². The number of anilines is 1. The second kappa shape index (κ2) is 7.90. The van der Waals surface area contributed by atoms with E-state index in [1.165, 1.54) is 49.4 Å². The van der Waals surface area contributed by atoms with E-state index in [4.69, 9.17) is 4.84 Å². The van der Waals surface area contributed by atoms with E-state index in [0.29, 0.717) is 4.47 Å². The zero-order valence-corrected chi connectivity index (χ0v) is 15.3. The summed E-state index contributed by atoms with van der Waals surface area (Å²) in [4.78, 5) is 18.6. The largest absolute Gasteiger partial charge is 0.309 e. The lowest BCUT2D eigenvalue weighted by Crippen LogP contribution is -2.31. The molecule has 0 heterocycles. The van der Waals surface area contributed by atoms with Crippen LogP contribution < -0.4 is 4.90 Å². The Morgan fingerprint density at radius 1 is 1.12 bits per heavy atom. The van der Waals surface area contributed by atoms with Crippen LogP contribution in [0.2, 0.25) is 0 Å². The molecular formula is C17H18F2N2O4S. The van der Waals surface area contributed by atoms with Gasteiger partial charge in [0.1, 0.15) is 0 Å². The summed E-state index contributed by atoms with van der Waals surface area (Å²) in [5.74, 6) is -2.64. The highest BCUT2D eigenvalue weighted by Crippen LogP contribution is 2.22. The number of hydrogen-bond donors (Lipinski definition) is 0. The number of sulfonamides is 1. The van der Waals surface area contributed by atoms with E-state index in [0.717, 1.165) is 12.1 Å². The number of nitrogens with zero attached hydrogens (tertiary/aromatic N) is 2. The molecule has 0 fully saturated rings. The Morgan fingerprint density at radius 2 is 1.81 bits per heavy atom. The molecule has 0 radical (unpaired) electrons. The van der Waals surface area contributed by atoms with Crippen LogP contribution in [-0.4, -0.2) is 39.5 Å². The number of benzene rings is 2. The van der Waals surface area contributed by atoms with E-state index in [1.807, 2.05) is 0 Å². The van der Waals surface area contributed by atoms with Crippen molar-refractivity contribution in [1.82, 2.24) is 4.47 Å². The Bertz CT molecular complexity index is 919. The van der Waals surface area contributed by atoms with Crippen LogP contribution in [0, 0.1) is 11.6 Å². The second-order valence-corrected chi connectivity index (χ2v) is 7.21. The molecule has 0 N–H and O–H groups in total. The monoisotopic (exact) mass is 384 g/mol. The molecule has 0 unspecified atom stereocenters. The maximum absolute atomic E-state index is 13.5. The summed E-state index contributed by atoms with van der Waals surface area (Å²) < 4.78 is 51.9. The van der Waals surface area contributed by atoms with Crippen LogP contribution in [0.15, 0.2) is 47.4 Å². The number of hydroxylamine groups is 1. The van der Waals surface area contributed by atoms with Crippen LogP contribution in [-0.2, 0) is 14.9 Å². The molecule has 6 nitrogen and oxygen atoms in total. The molecule has 0 saturated heterocycles. The van der Waals surface area contributed by atoms with Gasteiger partial charge in [-0.2, -0.15) is 0 Å². The van der Waals surface area contributed by atoms with Crippen LogP contribution in [0.3, 0.4) is 0 Å². The van der Waals surface area contributed by atoms with Crippen molar-refractivity contribution in [2.45, 2.75) is 11.8 Å². The molecule has 26 heavy (non-hydrogen) atoms. The van der Waals surface area contributed by atoms with E-state index in [1.54, 1.807) is 6.92 Å². The van der Waals surface area contributed by atoms with Gasteiger partial charge in [0.05, 0.1) is 12.0 Å². The number of halogens is 2. The fourth-order valence-electron chi connectivity index (χ4n) is 2.29. The first kappa shape index (κ1) is 20.0. The zero-order valence-electron chi connectivity index (χ0n) is 14.4. The predicted octanol–water partition coefficient (Wildman–Crippen LogP) is 2.81. The van der Waals surface area contributed by atoms with Gasteiger partial charge in [0, 0.05) is 30.9 Å². The van der Waals surface area contributed by atoms with Crippen molar-refractivity contribution >= 4 is 21.6 Å². The van der Waals surface area contributed by atoms with E-state index >= 15 is 0 Å². The predicted molar refractivity (Wildman–Crippen MR) is 92.1 cm³/mol. The minimum Gasteiger partial charge on any atom is -0.309 e. The molecule has 0 aliphatic rings. The number of amides is 1. The lowest BCUT2D eigenvalue weighted by atomic mass is 10.1. The van der Waals surface area contributed by atoms with Crippen LogP contribution >= 0.6 is 0 Å². The summed E-state index contributed by atoms with van der Waals surface area (Å²) in [5.41, 5.74) is 0.251. The molecule has 0 spiro atoms. The summed E-state index contributed by atoms with van der Waals surface area (Å²) in [6.45, 7) is 1.84. The van der Waals surface area contributed by atoms with Gasteiger partial charge < -0.3 is 4.90 Å². The van der Waals surface area contributed by atoms with Crippen molar-refractivity contribution in [2.24, 2.45) is 0 Å². The van der Waals surface area contributed by atoms with Crippen LogP contribution in [0.25, 0.3) is 0 Å². The average Bonchev–Trinajstić information content (AvgIpc) is 2.64. The van der Waals surface area contributed by atoms with E-state index in [2.05, 4.69) is 0 Å². The highest BCUT2D eigenvalue weighted by atomic mass is 32.2. The van der Waals surface area contributed by atoms with Gasteiger partial charge in [0.2, 0.25) is 0 Å². The van der Waals surface area contributed by atoms with E-state index < -0.39 is 27.6 Å². The summed E-state index contributed by atoms with van der Waals surface area (Å²) in [7, 11) is -1.50. The molecule has 0 atom stereocenters. The van der Waals surface area contributed by atoms with Crippen molar-refractivity contribution in [3.8, 4) is 0 Å². The molecule has 9 heteroatoms. The lowest BCUT2D eigenvalue weighted by molar-refractivity contribution is -0.0258. The Kier molecular flexibility index (Phi) is 6.06. The first-order chi connectivity index (χ1) is 12.2. The van der Waals surface area contributed by atoms with Crippen molar-refractivity contribution in [2.75, 3.05) is 25.6 Å². The maximum Gasteiger partial charge on any atom is 0.264 e. The van der Waals surface area contributed by atoms with Gasteiger partial charge in [0.15, 0.2) is 11.6 Å². The smallest absolute Gasteiger partial charge is 0.264 e. The molecule has 1 amide bonds. The van der Waals surface area contributed by atoms with Crippen molar-refractivity contribution in [1.29, 1.82) is 0 Å². The lowest BCUT2D eigenvalue weighted by Gasteiger charge is -2.22. The fourth-order valence-corrected chi connectivity index (χ4v) is 3.31. The van der Waals surface area contributed by atoms with Gasteiger partial charge in [-0.25, -0.2) is 17.2 Å². The molecule has 2 rings (SSSR count). The molecule has 2 aromatic rings. The summed E-state index contributed by atoms with van der Waals surface area (Å²) in [6, 6.07) is 8.51. The highest BCUT2D eigenvalue weighted by molar-refractivity contribution is 7.89. The molecule has 0 bridgehead atoms. The Balaban J connectivity index is 2.42. The molecule has 0 aliphatic carbocycles. The number of carbonyl (C=O) groups excluding carboxylic acids is 1.